The molecule has 0 bridgehead atoms. The summed E-state index contributed by atoms with van der Waals surface area (Å²) < 4.78 is 62.1. The monoisotopic (exact) mass is 503 g/mol. The zero-order valence-corrected chi connectivity index (χ0v) is 19.2. The third kappa shape index (κ3) is 4.81. The van der Waals surface area contributed by atoms with E-state index >= 15 is 0 Å². The molecule has 3 aromatic rings. The summed E-state index contributed by atoms with van der Waals surface area (Å²) in [4.78, 5) is 29.7. The van der Waals surface area contributed by atoms with Gasteiger partial charge >= 0.3 is 6.36 Å². The second kappa shape index (κ2) is 9.48. The van der Waals surface area contributed by atoms with Crippen LogP contribution in [0.4, 0.5) is 17.6 Å². The molecule has 1 aliphatic heterocycles. The number of carbonyl (C=O) groups excluding carboxylic acids is 2. The number of ether oxygens (including phenoxy) is 2. The van der Waals surface area contributed by atoms with E-state index in [0.717, 1.165) is 12.1 Å². The van der Waals surface area contributed by atoms with Crippen LogP contribution < -0.4 is 20.1 Å². The summed E-state index contributed by atoms with van der Waals surface area (Å²) in [5, 5.41) is 5.42. The predicted molar refractivity (Wildman–Crippen MR) is 120 cm³/mol. The molecule has 7 nitrogen and oxygen atoms in total. The maximum Gasteiger partial charge on any atom is 0.573 e. The number of alkyl halides is 3. The van der Waals surface area contributed by atoms with Crippen LogP contribution in [0.1, 0.15) is 44.0 Å². The number of halogens is 4. The van der Waals surface area contributed by atoms with Gasteiger partial charge in [-0.25, -0.2) is 4.39 Å². The molecule has 0 saturated carbocycles. The van der Waals surface area contributed by atoms with E-state index in [1.807, 2.05) is 0 Å². The standard InChI is InChI=1S/C25H21F4N3O4/c1-14-12-15(5-7-17(14)23(34)30-2)22(33)32-24(9-11-35-20-4-3-10-31-21(20)24)16-6-8-19(18(26)13-16)36-25(27,28)29/h3-8,10,12-13H,9,11H2,1-2H3,(H,30,34)(H,32,33)/t24-/m0/s1. The van der Waals surface area contributed by atoms with Crippen LogP contribution in [0, 0.1) is 12.7 Å². The van der Waals surface area contributed by atoms with Gasteiger partial charge in [-0.15, -0.1) is 13.2 Å². The fourth-order valence-corrected chi connectivity index (χ4v) is 4.17. The Morgan fingerprint density at radius 3 is 2.56 bits per heavy atom. The van der Waals surface area contributed by atoms with Crippen LogP contribution in [0.15, 0.2) is 54.7 Å². The Bertz CT molecular complexity index is 1330. The number of hydrogen-bond acceptors (Lipinski definition) is 5. The second-order valence-electron chi connectivity index (χ2n) is 8.11. The molecule has 11 heteroatoms. The maximum atomic E-state index is 14.7. The van der Waals surface area contributed by atoms with Crippen molar-refractivity contribution in [3.05, 3.63) is 88.5 Å². The van der Waals surface area contributed by atoms with E-state index in [9.17, 15) is 27.2 Å². The van der Waals surface area contributed by atoms with Crippen molar-refractivity contribution in [1.29, 1.82) is 0 Å². The highest BCUT2D eigenvalue weighted by Gasteiger charge is 2.43. The molecular formula is C25H21F4N3O4. The fourth-order valence-electron chi connectivity index (χ4n) is 4.17. The summed E-state index contributed by atoms with van der Waals surface area (Å²) in [5.41, 5.74) is 0.181. The summed E-state index contributed by atoms with van der Waals surface area (Å²) in [5.74, 6) is -2.79. The van der Waals surface area contributed by atoms with E-state index in [1.54, 1.807) is 19.1 Å². The molecule has 0 aliphatic carbocycles. The Labute approximate surface area is 203 Å². The van der Waals surface area contributed by atoms with Crippen molar-refractivity contribution in [2.24, 2.45) is 0 Å². The number of amides is 2. The van der Waals surface area contributed by atoms with Crippen molar-refractivity contribution < 1.29 is 36.6 Å². The first-order chi connectivity index (χ1) is 17.0. The van der Waals surface area contributed by atoms with Gasteiger partial charge < -0.3 is 20.1 Å². The molecule has 188 valence electrons. The summed E-state index contributed by atoms with van der Waals surface area (Å²) in [7, 11) is 1.49. The molecule has 1 aliphatic rings. The molecule has 0 radical (unpaired) electrons. The smallest absolute Gasteiger partial charge is 0.491 e. The molecule has 0 saturated heterocycles. The van der Waals surface area contributed by atoms with Crippen molar-refractivity contribution in [1.82, 2.24) is 15.6 Å². The van der Waals surface area contributed by atoms with Gasteiger partial charge in [-0.1, -0.05) is 6.07 Å². The third-order valence-electron chi connectivity index (χ3n) is 5.85. The van der Waals surface area contributed by atoms with Gasteiger partial charge in [-0.3, -0.25) is 14.6 Å². The van der Waals surface area contributed by atoms with Crippen LogP contribution in [-0.2, 0) is 5.54 Å². The van der Waals surface area contributed by atoms with E-state index in [4.69, 9.17) is 4.74 Å². The molecule has 1 atom stereocenters. The highest BCUT2D eigenvalue weighted by atomic mass is 19.4. The van der Waals surface area contributed by atoms with Crippen molar-refractivity contribution in [2.75, 3.05) is 13.7 Å². The molecule has 0 spiro atoms. The molecule has 2 aromatic carbocycles. The topological polar surface area (TPSA) is 89.6 Å². The predicted octanol–water partition coefficient (Wildman–Crippen LogP) is 4.24. The minimum atomic E-state index is -5.07. The van der Waals surface area contributed by atoms with Crippen LogP contribution in [-0.4, -0.2) is 36.8 Å². The van der Waals surface area contributed by atoms with Crippen molar-refractivity contribution in [2.45, 2.75) is 25.2 Å². The Morgan fingerprint density at radius 1 is 1.11 bits per heavy atom. The number of pyridine rings is 1. The van der Waals surface area contributed by atoms with Crippen LogP contribution in [0.3, 0.4) is 0 Å². The number of carbonyl (C=O) groups is 2. The zero-order valence-electron chi connectivity index (χ0n) is 19.2. The molecule has 0 fully saturated rings. The van der Waals surface area contributed by atoms with E-state index in [-0.39, 0.29) is 35.8 Å². The number of benzene rings is 2. The van der Waals surface area contributed by atoms with Crippen LogP contribution in [0.2, 0.25) is 0 Å². The molecule has 2 amide bonds. The van der Waals surface area contributed by atoms with Crippen molar-refractivity contribution >= 4 is 11.8 Å². The number of aryl methyl sites for hydroxylation is 1. The average molecular weight is 503 g/mol. The summed E-state index contributed by atoms with van der Waals surface area (Å²) >= 11 is 0. The van der Waals surface area contributed by atoms with Crippen LogP contribution in [0.5, 0.6) is 11.5 Å². The molecular weight excluding hydrogens is 482 g/mol. The first-order valence-electron chi connectivity index (χ1n) is 10.8. The molecule has 2 N–H and O–H groups in total. The third-order valence-corrected chi connectivity index (χ3v) is 5.85. The van der Waals surface area contributed by atoms with Gasteiger partial charge in [0, 0.05) is 30.8 Å². The van der Waals surface area contributed by atoms with E-state index in [1.165, 1.54) is 37.5 Å². The van der Waals surface area contributed by atoms with Gasteiger partial charge in [-0.2, -0.15) is 0 Å². The van der Waals surface area contributed by atoms with Crippen molar-refractivity contribution in [3.8, 4) is 11.5 Å². The van der Waals surface area contributed by atoms with Gasteiger partial charge in [0.1, 0.15) is 17.0 Å². The number of fused-ring (bicyclic) bond motifs is 1. The SMILES string of the molecule is CNC(=O)c1ccc(C(=O)N[C@]2(c3ccc(OC(F)(F)F)c(F)c3)CCOc3cccnc32)cc1C. The molecule has 4 rings (SSSR count). The summed E-state index contributed by atoms with van der Waals surface area (Å²) in [6, 6.07) is 10.7. The number of nitrogens with zero attached hydrogens (tertiary/aromatic N) is 1. The Kier molecular flexibility index (Phi) is 6.57. The largest absolute Gasteiger partial charge is 0.573 e. The van der Waals surface area contributed by atoms with Crippen LogP contribution >= 0.6 is 0 Å². The lowest BCUT2D eigenvalue weighted by Crippen LogP contribution is -2.50. The molecule has 1 aromatic heterocycles. The van der Waals surface area contributed by atoms with E-state index in [2.05, 4.69) is 20.4 Å². The Balaban J connectivity index is 1.78. The quantitative estimate of drug-likeness (QED) is 0.509. The highest BCUT2D eigenvalue weighted by Crippen LogP contribution is 2.42. The first-order valence-corrected chi connectivity index (χ1v) is 10.8. The summed E-state index contributed by atoms with van der Waals surface area (Å²) in [6.07, 6.45) is -3.48. The Morgan fingerprint density at radius 2 is 1.89 bits per heavy atom. The van der Waals surface area contributed by atoms with Gasteiger partial charge in [0.2, 0.25) is 0 Å². The lowest BCUT2D eigenvalue weighted by Gasteiger charge is -2.39. The maximum absolute atomic E-state index is 14.7. The fraction of sp³-hybridized carbons (Fsp3) is 0.240. The average Bonchev–Trinajstić information content (AvgIpc) is 2.84. The number of rotatable bonds is 5. The lowest BCUT2D eigenvalue weighted by molar-refractivity contribution is -0.275. The minimum absolute atomic E-state index is 0.121. The zero-order chi connectivity index (χ0) is 26.1. The lowest BCUT2D eigenvalue weighted by atomic mass is 9.81. The van der Waals surface area contributed by atoms with Gasteiger partial charge in [0.05, 0.1) is 6.61 Å². The first kappa shape index (κ1) is 25.0. The van der Waals surface area contributed by atoms with E-state index < -0.39 is 29.4 Å². The Hall–Kier alpha value is -4.15. The number of aromatic nitrogens is 1. The highest BCUT2D eigenvalue weighted by molar-refractivity contribution is 5.99. The molecule has 0 unspecified atom stereocenters. The normalized spacial score (nSPS) is 16.9. The van der Waals surface area contributed by atoms with E-state index in [0.29, 0.717) is 16.9 Å². The number of hydrogen-bond donors (Lipinski definition) is 2. The van der Waals surface area contributed by atoms with Crippen molar-refractivity contribution in [3.63, 3.8) is 0 Å². The summed E-state index contributed by atoms with van der Waals surface area (Å²) in [6.45, 7) is 1.80. The van der Waals surface area contributed by atoms with Gasteiger partial charge in [0.25, 0.3) is 11.8 Å². The minimum Gasteiger partial charge on any atom is -0.491 e. The number of nitrogens with one attached hydrogen (secondary N) is 2. The second-order valence-corrected chi connectivity index (χ2v) is 8.11. The van der Waals surface area contributed by atoms with Gasteiger partial charge in [0.15, 0.2) is 11.6 Å². The van der Waals surface area contributed by atoms with Gasteiger partial charge in [-0.05, 0) is 60.5 Å². The molecule has 2 heterocycles. The van der Waals surface area contributed by atoms with Crippen LogP contribution in [0.25, 0.3) is 0 Å². The molecule has 36 heavy (non-hydrogen) atoms.